The van der Waals surface area contributed by atoms with Crippen molar-refractivity contribution in [1.29, 1.82) is 0 Å². The van der Waals surface area contributed by atoms with Crippen LogP contribution in [-0.2, 0) is 13.0 Å². The summed E-state index contributed by atoms with van der Waals surface area (Å²) in [5, 5.41) is 21.3. The smallest absolute Gasteiger partial charge is 0.269 e. The molecule has 0 saturated heterocycles. The number of aryl methyl sites for hydroxylation is 1. The van der Waals surface area contributed by atoms with Crippen LogP contribution < -0.4 is 0 Å². The van der Waals surface area contributed by atoms with Crippen molar-refractivity contribution < 1.29 is 10.0 Å². The van der Waals surface area contributed by atoms with Crippen molar-refractivity contribution in [3.05, 3.63) is 75.3 Å². The number of fused-ring (bicyclic) bond motifs is 1. The second-order valence-corrected chi connectivity index (χ2v) is 5.98. The van der Waals surface area contributed by atoms with Crippen molar-refractivity contribution in [1.82, 2.24) is 4.90 Å². The fourth-order valence-corrected chi connectivity index (χ4v) is 3.12. The molecule has 1 atom stereocenters. The normalized spacial score (nSPS) is 16.4. The maximum Gasteiger partial charge on any atom is 0.269 e. The molecule has 0 aromatic heterocycles. The lowest BCUT2D eigenvalue weighted by Gasteiger charge is -2.23. The van der Waals surface area contributed by atoms with E-state index in [0.717, 1.165) is 25.9 Å². The van der Waals surface area contributed by atoms with Crippen molar-refractivity contribution in [3.63, 3.8) is 0 Å². The maximum absolute atomic E-state index is 10.9. The molecule has 0 bridgehead atoms. The highest BCUT2D eigenvalue weighted by Crippen LogP contribution is 2.23. The van der Waals surface area contributed by atoms with Crippen LogP contribution in [0.1, 0.15) is 29.2 Å². The summed E-state index contributed by atoms with van der Waals surface area (Å²) < 4.78 is 0. The van der Waals surface area contributed by atoms with Gasteiger partial charge in [0.25, 0.3) is 5.69 Å². The topological polar surface area (TPSA) is 66.6 Å². The predicted molar refractivity (Wildman–Crippen MR) is 88.1 cm³/mol. The fourth-order valence-electron chi connectivity index (χ4n) is 3.12. The zero-order valence-corrected chi connectivity index (χ0v) is 12.9. The Bertz CT molecular complexity index is 702. The monoisotopic (exact) mass is 312 g/mol. The van der Waals surface area contributed by atoms with E-state index in [0.29, 0.717) is 12.1 Å². The Hall–Kier alpha value is -2.24. The Kier molecular flexibility index (Phi) is 4.69. The van der Waals surface area contributed by atoms with E-state index in [2.05, 4.69) is 23.1 Å². The molecule has 2 aromatic rings. The molecule has 1 heterocycles. The van der Waals surface area contributed by atoms with Gasteiger partial charge in [0.1, 0.15) is 0 Å². The number of nitro benzene ring substituents is 1. The molecule has 1 aliphatic rings. The summed E-state index contributed by atoms with van der Waals surface area (Å²) in [6.45, 7) is 2.21. The van der Waals surface area contributed by atoms with Crippen LogP contribution in [0.3, 0.4) is 0 Å². The lowest BCUT2D eigenvalue weighted by molar-refractivity contribution is -0.385. The molecule has 3 rings (SSSR count). The second-order valence-electron chi connectivity index (χ2n) is 5.98. The number of aliphatic hydroxyl groups excluding tert-OH is 1. The largest absolute Gasteiger partial charge is 0.387 e. The quantitative estimate of drug-likeness (QED) is 0.696. The summed E-state index contributed by atoms with van der Waals surface area (Å²) in [5.41, 5.74) is 3.29. The highest BCUT2D eigenvalue weighted by Gasteiger charge is 2.19. The van der Waals surface area contributed by atoms with Crippen LogP contribution in [0.4, 0.5) is 5.69 Å². The molecule has 5 nitrogen and oxygen atoms in total. The molecule has 0 saturated carbocycles. The zero-order valence-electron chi connectivity index (χ0n) is 12.9. The first-order valence-corrected chi connectivity index (χ1v) is 7.85. The zero-order chi connectivity index (χ0) is 16.2. The molecule has 1 N–H and O–H groups in total. The molecule has 0 aliphatic carbocycles. The van der Waals surface area contributed by atoms with E-state index >= 15 is 0 Å². The Morgan fingerprint density at radius 2 is 1.96 bits per heavy atom. The minimum absolute atomic E-state index is 0.0164. The Morgan fingerprint density at radius 1 is 1.17 bits per heavy atom. The molecule has 2 aromatic carbocycles. The van der Waals surface area contributed by atoms with Gasteiger partial charge in [0, 0.05) is 25.2 Å². The molecule has 1 unspecified atom stereocenters. The van der Waals surface area contributed by atoms with E-state index in [9.17, 15) is 15.2 Å². The van der Waals surface area contributed by atoms with Crippen LogP contribution >= 0.6 is 0 Å². The van der Waals surface area contributed by atoms with E-state index in [4.69, 9.17) is 0 Å². The van der Waals surface area contributed by atoms with Gasteiger partial charge in [-0.25, -0.2) is 0 Å². The van der Waals surface area contributed by atoms with Gasteiger partial charge in [0.05, 0.1) is 11.0 Å². The van der Waals surface area contributed by atoms with Crippen molar-refractivity contribution in [2.24, 2.45) is 0 Å². The SMILES string of the molecule is O=[N+]([O-])c1cccc(C(O)CN2CCCc3ccccc3C2)c1. The third-order valence-electron chi connectivity index (χ3n) is 4.33. The average Bonchev–Trinajstić information content (AvgIpc) is 2.76. The lowest BCUT2D eigenvalue weighted by Crippen LogP contribution is -2.28. The van der Waals surface area contributed by atoms with Crippen LogP contribution in [-0.4, -0.2) is 28.0 Å². The lowest BCUT2D eigenvalue weighted by atomic mass is 10.0. The standard InChI is InChI=1S/C18H20N2O3/c21-18(15-7-3-9-17(11-15)20(22)23)13-19-10-4-8-14-5-1-2-6-16(14)12-19/h1-3,5-7,9,11,18,21H,4,8,10,12-13H2. The minimum atomic E-state index is -0.722. The molecule has 0 radical (unpaired) electrons. The summed E-state index contributed by atoms with van der Waals surface area (Å²) in [4.78, 5) is 12.6. The average molecular weight is 312 g/mol. The number of hydrogen-bond donors (Lipinski definition) is 1. The first-order valence-electron chi connectivity index (χ1n) is 7.85. The summed E-state index contributed by atoms with van der Waals surface area (Å²) in [6, 6.07) is 14.7. The van der Waals surface area contributed by atoms with Crippen LogP contribution in [0.5, 0.6) is 0 Å². The molecule has 0 fully saturated rings. The molecule has 120 valence electrons. The van der Waals surface area contributed by atoms with Crippen molar-refractivity contribution in [2.45, 2.75) is 25.5 Å². The van der Waals surface area contributed by atoms with Crippen LogP contribution in [0.15, 0.2) is 48.5 Å². The van der Waals surface area contributed by atoms with Crippen LogP contribution in [0.2, 0.25) is 0 Å². The molecule has 1 aliphatic heterocycles. The van der Waals surface area contributed by atoms with Gasteiger partial charge in [-0.2, -0.15) is 0 Å². The number of β-amino-alcohol motifs (C(OH)–C–C–N with tert-alkyl or cyclic N) is 1. The van der Waals surface area contributed by atoms with Crippen molar-refractivity contribution in [2.75, 3.05) is 13.1 Å². The molecule has 0 spiro atoms. The van der Waals surface area contributed by atoms with Gasteiger partial charge in [-0.05, 0) is 36.1 Å². The third kappa shape index (κ3) is 3.75. The van der Waals surface area contributed by atoms with Crippen molar-refractivity contribution >= 4 is 5.69 Å². The van der Waals surface area contributed by atoms with Gasteiger partial charge in [-0.15, -0.1) is 0 Å². The number of non-ortho nitro benzene ring substituents is 1. The van der Waals surface area contributed by atoms with Gasteiger partial charge in [-0.3, -0.25) is 15.0 Å². The minimum Gasteiger partial charge on any atom is -0.387 e. The van der Waals surface area contributed by atoms with Crippen LogP contribution in [0, 0.1) is 10.1 Å². The van der Waals surface area contributed by atoms with E-state index < -0.39 is 11.0 Å². The number of aliphatic hydroxyl groups is 1. The van der Waals surface area contributed by atoms with Gasteiger partial charge in [0.2, 0.25) is 0 Å². The number of nitrogens with zero attached hydrogens (tertiary/aromatic N) is 2. The van der Waals surface area contributed by atoms with Crippen LogP contribution in [0.25, 0.3) is 0 Å². The fraction of sp³-hybridized carbons (Fsp3) is 0.333. The summed E-state index contributed by atoms with van der Waals surface area (Å²) in [7, 11) is 0. The summed E-state index contributed by atoms with van der Waals surface area (Å²) in [6.07, 6.45) is 1.39. The first-order chi connectivity index (χ1) is 11.1. The Morgan fingerprint density at radius 3 is 2.74 bits per heavy atom. The summed E-state index contributed by atoms with van der Waals surface area (Å²) >= 11 is 0. The van der Waals surface area contributed by atoms with E-state index in [1.807, 2.05) is 6.07 Å². The first kappa shape index (κ1) is 15.6. The molecule has 0 amide bonds. The van der Waals surface area contributed by atoms with Gasteiger partial charge in [0.15, 0.2) is 0 Å². The Balaban J connectivity index is 1.71. The number of hydrogen-bond acceptors (Lipinski definition) is 4. The Labute approximate surface area is 135 Å². The molecular formula is C18H20N2O3. The van der Waals surface area contributed by atoms with Gasteiger partial charge >= 0.3 is 0 Å². The number of rotatable bonds is 4. The maximum atomic E-state index is 10.9. The van der Waals surface area contributed by atoms with E-state index in [-0.39, 0.29) is 5.69 Å². The van der Waals surface area contributed by atoms with E-state index in [1.165, 1.54) is 23.3 Å². The van der Waals surface area contributed by atoms with Gasteiger partial charge in [-0.1, -0.05) is 36.4 Å². The number of benzene rings is 2. The van der Waals surface area contributed by atoms with Crippen molar-refractivity contribution in [3.8, 4) is 0 Å². The second kappa shape index (κ2) is 6.89. The molecule has 23 heavy (non-hydrogen) atoms. The molecular weight excluding hydrogens is 292 g/mol. The summed E-state index contributed by atoms with van der Waals surface area (Å²) in [5.74, 6) is 0. The van der Waals surface area contributed by atoms with E-state index in [1.54, 1.807) is 12.1 Å². The van der Waals surface area contributed by atoms with Gasteiger partial charge < -0.3 is 5.11 Å². The number of nitro groups is 1. The highest BCUT2D eigenvalue weighted by atomic mass is 16.6. The predicted octanol–water partition coefficient (Wildman–Crippen LogP) is 3.08. The molecule has 5 heteroatoms. The third-order valence-corrected chi connectivity index (χ3v) is 4.33. The highest BCUT2D eigenvalue weighted by molar-refractivity contribution is 5.35.